The summed E-state index contributed by atoms with van der Waals surface area (Å²) in [5, 5.41) is 7.20. The molecule has 1 aromatic heterocycles. The Morgan fingerprint density at radius 3 is 2.44 bits per heavy atom. The van der Waals surface area contributed by atoms with E-state index in [1.807, 2.05) is 25.1 Å². The Labute approximate surface area is 217 Å². The summed E-state index contributed by atoms with van der Waals surface area (Å²) in [6, 6.07) is 21.1. The van der Waals surface area contributed by atoms with Crippen molar-refractivity contribution in [3.8, 4) is 0 Å². The van der Waals surface area contributed by atoms with Crippen molar-refractivity contribution in [1.82, 2.24) is 14.9 Å². The van der Waals surface area contributed by atoms with E-state index < -0.39 is 0 Å². The summed E-state index contributed by atoms with van der Waals surface area (Å²) in [4.78, 5) is 42.8. The molecule has 0 saturated carbocycles. The van der Waals surface area contributed by atoms with E-state index in [0.29, 0.717) is 38.9 Å². The van der Waals surface area contributed by atoms with Crippen molar-refractivity contribution in [2.75, 3.05) is 17.6 Å². The predicted molar refractivity (Wildman–Crippen MR) is 145 cm³/mol. The van der Waals surface area contributed by atoms with Crippen molar-refractivity contribution in [1.29, 1.82) is 0 Å². The van der Waals surface area contributed by atoms with Crippen LogP contribution in [-0.4, -0.2) is 33.7 Å². The molecule has 1 heterocycles. The monoisotopic (exact) mass is 520 g/mol. The summed E-state index contributed by atoms with van der Waals surface area (Å²) in [6.45, 7) is 2.87. The van der Waals surface area contributed by atoms with Crippen LogP contribution < -0.4 is 16.2 Å². The molecule has 0 radical (unpaired) electrons. The zero-order valence-corrected chi connectivity index (χ0v) is 21.2. The minimum absolute atomic E-state index is 0.0734. The van der Waals surface area contributed by atoms with Crippen LogP contribution in [0.5, 0.6) is 0 Å². The SMILES string of the molecule is CCCNC(=O)c1ccc(Cn2c(SCC(=O)Nc3ccc(Cl)cc3)nc3ccccc3c2=O)cc1. The average Bonchev–Trinajstić information content (AvgIpc) is 2.89. The lowest BCUT2D eigenvalue weighted by molar-refractivity contribution is -0.113. The van der Waals surface area contributed by atoms with E-state index in [2.05, 4.69) is 15.6 Å². The van der Waals surface area contributed by atoms with Gasteiger partial charge in [0.05, 0.1) is 23.2 Å². The number of fused-ring (bicyclic) bond motifs is 1. The molecule has 0 aliphatic carbocycles. The van der Waals surface area contributed by atoms with Crippen LogP contribution in [0.15, 0.2) is 82.7 Å². The lowest BCUT2D eigenvalue weighted by atomic mass is 10.1. The molecule has 4 aromatic rings. The topological polar surface area (TPSA) is 93.1 Å². The van der Waals surface area contributed by atoms with Crippen molar-refractivity contribution < 1.29 is 9.59 Å². The number of halogens is 1. The van der Waals surface area contributed by atoms with Crippen molar-refractivity contribution in [3.05, 3.63) is 99.3 Å². The number of benzene rings is 3. The zero-order valence-electron chi connectivity index (χ0n) is 19.7. The molecule has 0 bridgehead atoms. The van der Waals surface area contributed by atoms with Gasteiger partial charge in [0, 0.05) is 22.8 Å². The molecule has 0 fully saturated rings. The van der Waals surface area contributed by atoms with Crippen molar-refractivity contribution in [2.24, 2.45) is 0 Å². The van der Waals surface area contributed by atoms with Gasteiger partial charge in [-0.15, -0.1) is 0 Å². The summed E-state index contributed by atoms with van der Waals surface area (Å²) in [5.41, 5.74) is 2.42. The number of thioether (sulfide) groups is 1. The van der Waals surface area contributed by atoms with Gasteiger partial charge < -0.3 is 10.6 Å². The Balaban J connectivity index is 1.56. The van der Waals surface area contributed by atoms with E-state index in [1.165, 1.54) is 11.8 Å². The highest BCUT2D eigenvalue weighted by atomic mass is 35.5. The van der Waals surface area contributed by atoms with Gasteiger partial charge in [0.25, 0.3) is 11.5 Å². The summed E-state index contributed by atoms with van der Waals surface area (Å²) in [7, 11) is 0. The fourth-order valence-corrected chi connectivity index (χ4v) is 4.47. The minimum Gasteiger partial charge on any atom is -0.352 e. The number of rotatable bonds is 9. The number of hydrogen-bond acceptors (Lipinski definition) is 5. The first kappa shape index (κ1) is 25.5. The van der Waals surface area contributed by atoms with Crippen LogP contribution in [-0.2, 0) is 11.3 Å². The Hall–Kier alpha value is -3.62. The number of nitrogens with one attached hydrogen (secondary N) is 2. The predicted octanol–water partition coefficient (Wildman–Crippen LogP) is 4.97. The van der Waals surface area contributed by atoms with Gasteiger partial charge in [-0.1, -0.05) is 54.6 Å². The zero-order chi connectivity index (χ0) is 25.5. The summed E-state index contributed by atoms with van der Waals surface area (Å²) < 4.78 is 1.56. The first-order chi connectivity index (χ1) is 17.4. The second-order valence-electron chi connectivity index (χ2n) is 8.10. The van der Waals surface area contributed by atoms with Gasteiger partial charge in [0.2, 0.25) is 5.91 Å². The molecule has 36 heavy (non-hydrogen) atoms. The van der Waals surface area contributed by atoms with Crippen LogP contribution in [0.25, 0.3) is 10.9 Å². The normalized spacial score (nSPS) is 10.8. The fourth-order valence-electron chi connectivity index (χ4n) is 3.54. The molecule has 0 atom stereocenters. The number of amides is 2. The minimum atomic E-state index is -0.223. The molecule has 4 rings (SSSR count). The number of para-hydroxylation sites is 1. The summed E-state index contributed by atoms with van der Waals surface area (Å²) in [6.07, 6.45) is 0.861. The molecule has 0 aliphatic rings. The van der Waals surface area contributed by atoms with Gasteiger partial charge in [-0.25, -0.2) is 4.98 Å². The molecule has 9 heteroatoms. The number of aromatic nitrogens is 2. The van der Waals surface area contributed by atoms with Gasteiger partial charge in [0.1, 0.15) is 0 Å². The second kappa shape index (κ2) is 11.9. The molecule has 3 aromatic carbocycles. The fraction of sp³-hybridized carbons (Fsp3) is 0.185. The van der Waals surface area contributed by atoms with Crippen LogP contribution in [0.3, 0.4) is 0 Å². The van der Waals surface area contributed by atoms with Gasteiger partial charge in [0.15, 0.2) is 5.16 Å². The van der Waals surface area contributed by atoms with E-state index >= 15 is 0 Å². The largest absolute Gasteiger partial charge is 0.352 e. The highest BCUT2D eigenvalue weighted by Crippen LogP contribution is 2.20. The van der Waals surface area contributed by atoms with Crippen LogP contribution in [0, 0.1) is 0 Å². The highest BCUT2D eigenvalue weighted by molar-refractivity contribution is 7.99. The maximum atomic E-state index is 13.3. The van der Waals surface area contributed by atoms with Crippen molar-refractivity contribution in [2.45, 2.75) is 25.0 Å². The van der Waals surface area contributed by atoms with E-state index in [0.717, 1.165) is 12.0 Å². The third-order valence-electron chi connectivity index (χ3n) is 5.38. The number of anilines is 1. The van der Waals surface area contributed by atoms with Crippen molar-refractivity contribution in [3.63, 3.8) is 0 Å². The van der Waals surface area contributed by atoms with Crippen molar-refractivity contribution >= 4 is 51.8 Å². The standard InChI is InChI=1S/C27H25ClN4O3S/c1-2-15-29-25(34)19-9-7-18(8-10-19)16-32-26(35)22-5-3-4-6-23(22)31-27(32)36-17-24(33)30-21-13-11-20(28)12-14-21/h3-14H,2,15-17H2,1H3,(H,29,34)(H,30,33). The Bertz CT molecular complexity index is 1440. The average molecular weight is 521 g/mol. The maximum Gasteiger partial charge on any atom is 0.262 e. The van der Waals surface area contributed by atoms with Crippen LogP contribution in [0.2, 0.25) is 5.02 Å². The van der Waals surface area contributed by atoms with E-state index in [1.54, 1.807) is 59.2 Å². The molecular formula is C27H25ClN4O3S. The van der Waals surface area contributed by atoms with E-state index in [9.17, 15) is 14.4 Å². The maximum absolute atomic E-state index is 13.3. The summed E-state index contributed by atoms with van der Waals surface area (Å²) >= 11 is 7.10. The van der Waals surface area contributed by atoms with E-state index in [-0.39, 0.29) is 29.7 Å². The second-order valence-corrected chi connectivity index (χ2v) is 9.48. The first-order valence-electron chi connectivity index (χ1n) is 11.5. The molecular weight excluding hydrogens is 496 g/mol. The highest BCUT2D eigenvalue weighted by Gasteiger charge is 2.14. The lowest BCUT2D eigenvalue weighted by Gasteiger charge is -2.14. The van der Waals surface area contributed by atoms with Gasteiger partial charge in [-0.2, -0.15) is 0 Å². The Morgan fingerprint density at radius 2 is 1.72 bits per heavy atom. The number of nitrogens with zero attached hydrogens (tertiary/aromatic N) is 2. The lowest BCUT2D eigenvalue weighted by Crippen LogP contribution is -2.25. The van der Waals surface area contributed by atoms with Crippen LogP contribution in [0.1, 0.15) is 29.3 Å². The number of carbonyl (C=O) groups excluding carboxylic acids is 2. The molecule has 2 amide bonds. The third kappa shape index (κ3) is 6.33. The molecule has 0 spiro atoms. The van der Waals surface area contributed by atoms with Gasteiger partial charge >= 0.3 is 0 Å². The Morgan fingerprint density at radius 1 is 1.00 bits per heavy atom. The summed E-state index contributed by atoms with van der Waals surface area (Å²) in [5.74, 6) is -0.279. The molecule has 2 N–H and O–H groups in total. The number of hydrogen-bond donors (Lipinski definition) is 2. The van der Waals surface area contributed by atoms with Gasteiger partial charge in [-0.3, -0.25) is 19.0 Å². The quantitative estimate of drug-likeness (QED) is 0.240. The molecule has 0 unspecified atom stereocenters. The van der Waals surface area contributed by atoms with Crippen LogP contribution >= 0.6 is 23.4 Å². The molecule has 7 nitrogen and oxygen atoms in total. The number of carbonyl (C=O) groups is 2. The molecule has 0 saturated heterocycles. The smallest absolute Gasteiger partial charge is 0.262 e. The molecule has 184 valence electrons. The van der Waals surface area contributed by atoms with Gasteiger partial charge in [-0.05, 0) is 60.5 Å². The van der Waals surface area contributed by atoms with Crippen LogP contribution in [0.4, 0.5) is 5.69 Å². The van der Waals surface area contributed by atoms with E-state index in [4.69, 9.17) is 11.6 Å². The molecule has 0 aliphatic heterocycles. The third-order valence-corrected chi connectivity index (χ3v) is 6.61. The first-order valence-corrected chi connectivity index (χ1v) is 12.9. The Kier molecular flexibility index (Phi) is 8.40.